The molecule has 1 saturated heterocycles. The number of aryl methyl sites for hydroxylation is 1. The first kappa shape index (κ1) is 20.7. The van der Waals surface area contributed by atoms with Gasteiger partial charge in [-0.05, 0) is 49.2 Å². The lowest BCUT2D eigenvalue weighted by atomic mass is 10.2. The monoisotopic (exact) mass is 459 g/mol. The van der Waals surface area contributed by atoms with E-state index < -0.39 is 0 Å². The Kier molecular flexibility index (Phi) is 5.37. The molecular weight excluding hydrogens is 434 g/mol. The van der Waals surface area contributed by atoms with Crippen molar-refractivity contribution in [3.05, 3.63) is 42.7 Å². The van der Waals surface area contributed by atoms with Crippen molar-refractivity contribution in [1.29, 1.82) is 0 Å². The van der Waals surface area contributed by atoms with Gasteiger partial charge in [-0.1, -0.05) is 18.0 Å². The highest BCUT2D eigenvalue weighted by molar-refractivity contribution is 5.81. The van der Waals surface area contributed by atoms with Crippen molar-refractivity contribution in [2.75, 3.05) is 19.9 Å². The zero-order chi connectivity index (χ0) is 22.9. The van der Waals surface area contributed by atoms with Crippen LogP contribution in [0.5, 0.6) is 11.5 Å². The summed E-state index contributed by atoms with van der Waals surface area (Å²) in [5.41, 5.74) is 3.39. The molecule has 0 aliphatic carbocycles. The molecular formula is C25H25N5O4. The predicted molar refractivity (Wildman–Crippen MR) is 124 cm³/mol. The van der Waals surface area contributed by atoms with Gasteiger partial charge >= 0.3 is 0 Å². The maximum Gasteiger partial charge on any atom is 0.258 e. The SMILES string of the molecule is O=C(CCn1cnc2cc(-c3noc(-c4ccc5c(c4)OCO5)n3)ccc21)N1CCCCCC1. The first-order chi connectivity index (χ1) is 16.7. The Labute approximate surface area is 196 Å². The number of rotatable bonds is 5. The maximum atomic E-state index is 12.7. The van der Waals surface area contributed by atoms with Gasteiger partial charge in [0.2, 0.25) is 18.5 Å². The number of carbonyl (C=O) groups is 1. The van der Waals surface area contributed by atoms with E-state index in [1.165, 1.54) is 12.8 Å². The minimum absolute atomic E-state index is 0.215. The number of carbonyl (C=O) groups excluding carboxylic acids is 1. The zero-order valence-corrected chi connectivity index (χ0v) is 18.8. The van der Waals surface area contributed by atoms with Gasteiger partial charge in [-0.15, -0.1) is 0 Å². The summed E-state index contributed by atoms with van der Waals surface area (Å²) >= 11 is 0. The lowest BCUT2D eigenvalue weighted by Crippen LogP contribution is -2.32. The Morgan fingerprint density at radius 3 is 2.65 bits per heavy atom. The van der Waals surface area contributed by atoms with Gasteiger partial charge in [-0.25, -0.2) is 4.98 Å². The average molecular weight is 460 g/mol. The smallest absolute Gasteiger partial charge is 0.258 e. The van der Waals surface area contributed by atoms with E-state index in [0.29, 0.717) is 36.2 Å². The highest BCUT2D eigenvalue weighted by Gasteiger charge is 2.19. The van der Waals surface area contributed by atoms with E-state index in [4.69, 9.17) is 14.0 Å². The van der Waals surface area contributed by atoms with Crippen LogP contribution in [-0.4, -0.2) is 50.4 Å². The Balaban J connectivity index is 1.17. The van der Waals surface area contributed by atoms with Gasteiger partial charge in [0.15, 0.2) is 11.5 Å². The fraction of sp³-hybridized carbons (Fsp3) is 0.360. The second-order valence-corrected chi connectivity index (χ2v) is 8.68. The zero-order valence-electron chi connectivity index (χ0n) is 18.8. The van der Waals surface area contributed by atoms with Gasteiger partial charge in [0.05, 0.1) is 17.4 Å². The van der Waals surface area contributed by atoms with Crippen molar-refractivity contribution in [2.45, 2.75) is 38.6 Å². The molecule has 0 unspecified atom stereocenters. The summed E-state index contributed by atoms with van der Waals surface area (Å²) in [6.45, 7) is 2.59. The number of imidazole rings is 1. The molecule has 2 aromatic heterocycles. The molecule has 9 nitrogen and oxygen atoms in total. The van der Waals surface area contributed by atoms with Gasteiger partial charge in [0, 0.05) is 37.2 Å². The van der Waals surface area contributed by atoms with Crippen LogP contribution in [0.3, 0.4) is 0 Å². The van der Waals surface area contributed by atoms with Crippen molar-refractivity contribution in [2.24, 2.45) is 0 Å². The molecule has 6 rings (SSSR count). The first-order valence-electron chi connectivity index (χ1n) is 11.7. The molecule has 0 atom stereocenters. The second kappa shape index (κ2) is 8.81. The summed E-state index contributed by atoms with van der Waals surface area (Å²) in [6, 6.07) is 11.4. The quantitative estimate of drug-likeness (QED) is 0.440. The highest BCUT2D eigenvalue weighted by atomic mass is 16.7. The number of likely N-dealkylation sites (tertiary alicyclic amines) is 1. The summed E-state index contributed by atoms with van der Waals surface area (Å²) in [6.07, 6.45) is 6.92. The standard InChI is InChI=1S/C25H25N5O4/c31-23(29-10-3-1-2-4-11-29)9-12-30-15-26-19-13-17(5-7-20(19)30)24-27-25(34-28-24)18-6-8-21-22(14-18)33-16-32-21/h5-8,13-15H,1-4,9-12,16H2. The number of amides is 1. The summed E-state index contributed by atoms with van der Waals surface area (Å²) in [4.78, 5) is 23.8. The molecule has 0 saturated carbocycles. The van der Waals surface area contributed by atoms with Gasteiger partial charge < -0.3 is 23.5 Å². The van der Waals surface area contributed by atoms with Crippen LogP contribution >= 0.6 is 0 Å². The normalized spacial score (nSPS) is 15.6. The second-order valence-electron chi connectivity index (χ2n) is 8.68. The van der Waals surface area contributed by atoms with E-state index in [2.05, 4.69) is 15.1 Å². The summed E-state index contributed by atoms with van der Waals surface area (Å²) < 4.78 is 18.3. The highest BCUT2D eigenvalue weighted by Crippen LogP contribution is 2.36. The Bertz CT molecular complexity index is 1340. The minimum Gasteiger partial charge on any atom is -0.454 e. The number of hydrogen-bond donors (Lipinski definition) is 0. The topological polar surface area (TPSA) is 95.5 Å². The Morgan fingerprint density at radius 2 is 1.76 bits per heavy atom. The predicted octanol–water partition coefficient (Wildman–Crippen LogP) is 4.27. The molecule has 4 aromatic rings. The largest absolute Gasteiger partial charge is 0.454 e. The molecule has 174 valence electrons. The van der Waals surface area contributed by atoms with Crippen LogP contribution in [0.25, 0.3) is 33.9 Å². The summed E-state index contributed by atoms with van der Waals surface area (Å²) in [5.74, 6) is 2.49. The molecule has 34 heavy (non-hydrogen) atoms. The van der Waals surface area contributed by atoms with Gasteiger partial charge in [-0.2, -0.15) is 4.98 Å². The maximum absolute atomic E-state index is 12.7. The third-order valence-corrected chi connectivity index (χ3v) is 6.45. The van der Waals surface area contributed by atoms with E-state index >= 15 is 0 Å². The molecule has 2 aliphatic rings. The van der Waals surface area contributed by atoms with E-state index in [1.807, 2.05) is 45.9 Å². The molecule has 0 radical (unpaired) electrons. The van der Waals surface area contributed by atoms with Crippen molar-refractivity contribution < 1.29 is 18.8 Å². The van der Waals surface area contributed by atoms with Crippen LogP contribution in [0.2, 0.25) is 0 Å². The van der Waals surface area contributed by atoms with E-state index in [-0.39, 0.29) is 12.7 Å². The summed E-state index contributed by atoms with van der Waals surface area (Å²) in [7, 11) is 0. The number of aromatic nitrogens is 4. The van der Waals surface area contributed by atoms with Crippen LogP contribution in [0, 0.1) is 0 Å². The molecule has 4 heterocycles. The lowest BCUT2D eigenvalue weighted by molar-refractivity contribution is -0.131. The molecule has 2 aromatic carbocycles. The van der Waals surface area contributed by atoms with Crippen LogP contribution in [0.1, 0.15) is 32.1 Å². The minimum atomic E-state index is 0.215. The number of fused-ring (bicyclic) bond motifs is 2. The van der Waals surface area contributed by atoms with E-state index in [1.54, 1.807) is 6.33 Å². The van der Waals surface area contributed by atoms with E-state index in [9.17, 15) is 4.79 Å². The molecule has 9 heteroatoms. The Morgan fingerprint density at radius 1 is 0.941 bits per heavy atom. The van der Waals surface area contributed by atoms with Crippen molar-refractivity contribution >= 4 is 16.9 Å². The number of benzene rings is 2. The Hall–Kier alpha value is -3.88. The van der Waals surface area contributed by atoms with Crippen molar-refractivity contribution in [3.63, 3.8) is 0 Å². The number of nitrogens with zero attached hydrogens (tertiary/aromatic N) is 5. The van der Waals surface area contributed by atoms with Crippen molar-refractivity contribution in [3.8, 4) is 34.3 Å². The van der Waals surface area contributed by atoms with Crippen LogP contribution in [0.4, 0.5) is 0 Å². The first-order valence-corrected chi connectivity index (χ1v) is 11.7. The van der Waals surface area contributed by atoms with Gasteiger partial charge in [0.1, 0.15) is 0 Å². The molecule has 1 amide bonds. The average Bonchev–Trinajstić information content (AvgIpc) is 3.57. The van der Waals surface area contributed by atoms with Gasteiger partial charge in [0.25, 0.3) is 5.89 Å². The van der Waals surface area contributed by atoms with Crippen molar-refractivity contribution in [1.82, 2.24) is 24.6 Å². The van der Waals surface area contributed by atoms with E-state index in [0.717, 1.165) is 48.1 Å². The molecule has 2 aliphatic heterocycles. The molecule has 0 bridgehead atoms. The number of ether oxygens (including phenoxy) is 2. The molecule has 1 fully saturated rings. The lowest BCUT2D eigenvalue weighted by Gasteiger charge is -2.20. The molecule has 0 N–H and O–H groups in total. The summed E-state index contributed by atoms with van der Waals surface area (Å²) in [5, 5.41) is 4.15. The number of hydrogen-bond acceptors (Lipinski definition) is 7. The van der Waals surface area contributed by atoms with Crippen LogP contribution in [-0.2, 0) is 11.3 Å². The third kappa shape index (κ3) is 3.98. The fourth-order valence-electron chi connectivity index (χ4n) is 4.56. The van der Waals surface area contributed by atoms with Crippen LogP contribution in [0.15, 0.2) is 47.2 Å². The van der Waals surface area contributed by atoms with Gasteiger partial charge in [-0.3, -0.25) is 4.79 Å². The van der Waals surface area contributed by atoms with Crippen LogP contribution < -0.4 is 9.47 Å². The third-order valence-electron chi connectivity index (χ3n) is 6.45. The molecule has 0 spiro atoms. The fourth-order valence-corrected chi connectivity index (χ4v) is 4.56.